The van der Waals surface area contributed by atoms with Crippen molar-refractivity contribution in [3.05, 3.63) is 70.0 Å². The van der Waals surface area contributed by atoms with Crippen LogP contribution in [0.5, 0.6) is 0 Å². The molecule has 2 aromatic rings. The van der Waals surface area contributed by atoms with Crippen LogP contribution in [0.2, 0.25) is 0 Å². The number of aromatic nitrogens is 1. The third-order valence-corrected chi connectivity index (χ3v) is 3.39. The zero-order valence-electron chi connectivity index (χ0n) is 10.1. The Bertz CT molecular complexity index is 642. The minimum Gasteiger partial charge on any atom is -0.356 e. The zero-order valence-corrected chi connectivity index (χ0v) is 10.9. The lowest BCUT2D eigenvalue weighted by atomic mass is 10.4. The van der Waals surface area contributed by atoms with Gasteiger partial charge in [0.05, 0.1) is 11.3 Å². The highest BCUT2D eigenvalue weighted by Gasteiger charge is 2.18. The van der Waals surface area contributed by atoms with Crippen LogP contribution < -0.4 is 9.71 Å². The van der Waals surface area contributed by atoms with Crippen LogP contribution >= 0.6 is 0 Å². The van der Waals surface area contributed by atoms with Gasteiger partial charge in [-0.1, -0.05) is 24.3 Å². The van der Waals surface area contributed by atoms with Gasteiger partial charge in [-0.25, -0.2) is 4.98 Å². The molecular formula is C11H11N3O5S. The standard InChI is InChI=1S/C11H10N2O2S.NO3/c14-16(15,10-6-2-1-3-7-10)13-11-8-4-5-9-12-11;2-1(3)4/h1-9H,(H,12,13);/q;-1/p+1. The van der Waals surface area contributed by atoms with E-state index in [-0.39, 0.29) is 4.90 Å². The van der Waals surface area contributed by atoms with Gasteiger partial charge in [0, 0.05) is 6.07 Å². The smallest absolute Gasteiger partial charge is 0.328 e. The van der Waals surface area contributed by atoms with Crippen molar-refractivity contribution in [3.63, 3.8) is 0 Å². The minimum atomic E-state index is -3.49. The first-order valence-corrected chi connectivity index (χ1v) is 6.76. The number of nitrogens with one attached hydrogen (secondary N) is 2. The lowest BCUT2D eigenvalue weighted by molar-refractivity contribution is -0.402. The largest absolute Gasteiger partial charge is 0.356 e. The number of pyridine rings is 1. The summed E-state index contributed by atoms with van der Waals surface area (Å²) in [6.07, 6.45) is 1.66. The average molecular weight is 297 g/mol. The zero-order chi connectivity index (χ0) is 15.0. The third-order valence-electron chi connectivity index (χ3n) is 2.01. The summed E-state index contributed by atoms with van der Waals surface area (Å²) in [5, 5.41) is 14.8. The highest BCUT2D eigenvalue weighted by Crippen LogP contribution is 2.11. The van der Waals surface area contributed by atoms with Crippen LogP contribution in [0.1, 0.15) is 0 Å². The maximum Gasteiger partial charge on any atom is 0.328 e. The van der Waals surface area contributed by atoms with Crippen molar-refractivity contribution in [1.82, 2.24) is 0 Å². The molecule has 0 saturated heterocycles. The highest BCUT2D eigenvalue weighted by molar-refractivity contribution is 7.92. The molecule has 2 rings (SSSR count). The van der Waals surface area contributed by atoms with Crippen LogP contribution in [0.15, 0.2) is 59.6 Å². The summed E-state index contributed by atoms with van der Waals surface area (Å²) < 4.78 is 26.2. The van der Waals surface area contributed by atoms with Gasteiger partial charge in [0.25, 0.3) is 5.82 Å². The Balaban J connectivity index is 0.000000444. The van der Waals surface area contributed by atoms with E-state index in [9.17, 15) is 8.42 Å². The molecule has 1 heterocycles. The van der Waals surface area contributed by atoms with Crippen LogP contribution in [0.25, 0.3) is 0 Å². The monoisotopic (exact) mass is 297 g/mol. The van der Waals surface area contributed by atoms with Crippen molar-refractivity contribution >= 4 is 15.8 Å². The molecule has 2 N–H and O–H groups in total. The Kier molecular flexibility index (Phi) is 5.42. The van der Waals surface area contributed by atoms with Gasteiger partial charge in [0.15, 0.2) is 0 Å². The molecule has 0 amide bonds. The lowest BCUT2D eigenvalue weighted by Crippen LogP contribution is -2.19. The third kappa shape index (κ3) is 5.31. The number of hydrogen-bond acceptors (Lipinski definition) is 5. The molecule has 1 aromatic carbocycles. The van der Waals surface area contributed by atoms with Crippen LogP contribution in [-0.2, 0) is 10.0 Å². The van der Waals surface area contributed by atoms with E-state index in [0.29, 0.717) is 5.82 Å². The Hall–Kier alpha value is -2.68. The average Bonchev–Trinajstić information content (AvgIpc) is 2.40. The fourth-order valence-corrected chi connectivity index (χ4v) is 2.31. The summed E-state index contributed by atoms with van der Waals surface area (Å²) in [5.74, 6) is 0.436. The fourth-order valence-electron chi connectivity index (χ4n) is 1.26. The molecule has 0 radical (unpaired) electrons. The van der Waals surface area contributed by atoms with Gasteiger partial charge in [-0.05, 0) is 18.2 Å². The summed E-state index contributed by atoms with van der Waals surface area (Å²) in [6.45, 7) is 0. The highest BCUT2D eigenvalue weighted by atomic mass is 32.2. The SMILES string of the molecule is O=S(=O)(Nc1cccc[nH+]1)c1ccccc1.O=[N+]([O-])[O-]. The second-order valence-corrected chi connectivity index (χ2v) is 5.10. The molecule has 0 aliphatic carbocycles. The van der Waals surface area contributed by atoms with Crippen molar-refractivity contribution in [1.29, 1.82) is 0 Å². The van der Waals surface area contributed by atoms with E-state index in [1.807, 2.05) is 0 Å². The number of hydrogen-bond donors (Lipinski definition) is 1. The molecule has 8 nitrogen and oxygen atoms in total. The van der Waals surface area contributed by atoms with E-state index in [0.717, 1.165) is 0 Å². The Morgan fingerprint density at radius 1 is 1.00 bits per heavy atom. The molecule has 0 aliphatic heterocycles. The van der Waals surface area contributed by atoms with Crippen molar-refractivity contribution in [3.8, 4) is 0 Å². The first kappa shape index (κ1) is 15.4. The molecular weight excluding hydrogens is 286 g/mol. The van der Waals surface area contributed by atoms with E-state index in [4.69, 9.17) is 15.3 Å². The van der Waals surface area contributed by atoms with Gasteiger partial charge in [-0.3, -0.25) is 0 Å². The number of sulfonamides is 1. The molecule has 0 aliphatic rings. The van der Waals surface area contributed by atoms with E-state index in [2.05, 4.69) is 9.71 Å². The number of aromatic amines is 1. The van der Waals surface area contributed by atoms with Crippen LogP contribution in [0.3, 0.4) is 0 Å². The first-order chi connectivity index (χ1) is 9.42. The molecule has 0 saturated carbocycles. The van der Waals surface area contributed by atoms with Gasteiger partial charge in [0.1, 0.15) is 4.90 Å². The molecule has 20 heavy (non-hydrogen) atoms. The number of anilines is 1. The molecule has 0 unspecified atom stereocenters. The molecule has 0 spiro atoms. The maximum absolute atomic E-state index is 11.9. The minimum absolute atomic E-state index is 0.243. The van der Waals surface area contributed by atoms with Gasteiger partial charge in [-0.2, -0.15) is 13.1 Å². The van der Waals surface area contributed by atoms with E-state index in [1.165, 1.54) is 0 Å². The Morgan fingerprint density at radius 2 is 1.55 bits per heavy atom. The molecule has 9 heteroatoms. The van der Waals surface area contributed by atoms with E-state index >= 15 is 0 Å². The van der Waals surface area contributed by atoms with Crippen LogP contribution in [0.4, 0.5) is 5.82 Å². The predicted molar refractivity (Wildman–Crippen MR) is 70.6 cm³/mol. The second-order valence-electron chi connectivity index (χ2n) is 3.42. The van der Waals surface area contributed by atoms with Gasteiger partial charge < -0.3 is 15.3 Å². The molecule has 106 valence electrons. The maximum atomic E-state index is 11.9. The number of benzene rings is 1. The van der Waals surface area contributed by atoms with Crippen LogP contribution in [0, 0.1) is 15.3 Å². The Labute approximate surface area is 114 Å². The predicted octanol–water partition coefficient (Wildman–Crippen LogP) is 1.06. The fraction of sp³-hybridized carbons (Fsp3) is 0. The molecule has 0 fully saturated rings. The van der Waals surface area contributed by atoms with Crippen molar-refractivity contribution in [2.24, 2.45) is 0 Å². The number of H-pyrrole nitrogens is 1. The van der Waals surface area contributed by atoms with Gasteiger partial charge >= 0.3 is 10.0 Å². The normalized spacial score (nSPS) is 10.0. The van der Waals surface area contributed by atoms with Crippen molar-refractivity contribution in [2.75, 3.05) is 4.72 Å². The number of nitrogens with zero attached hydrogens (tertiary/aromatic N) is 1. The topological polar surface area (TPSA) is 127 Å². The lowest BCUT2D eigenvalue weighted by Gasteiger charge is -2.00. The summed E-state index contributed by atoms with van der Waals surface area (Å²) in [5.41, 5.74) is 0. The summed E-state index contributed by atoms with van der Waals surface area (Å²) in [4.78, 5) is 11.3. The molecule has 1 aromatic heterocycles. The van der Waals surface area contributed by atoms with Crippen LogP contribution in [-0.4, -0.2) is 13.5 Å². The van der Waals surface area contributed by atoms with E-state index < -0.39 is 15.1 Å². The molecule has 0 atom stereocenters. The summed E-state index contributed by atoms with van der Waals surface area (Å²) in [6, 6.07) is 13.4. The molecule has 0 bridgehead atoms. The van der Waals surface area contributed by atoms with E-state index in [1.54, 1.807) is 54.7 Å². The first-order valence-electron chi connectivity index (χ1n) is 5.28. The van der Waals surface area contributed by atoms with Crippen molar-refractivity contribution in [2.45, 2.75) is 4.90 Å². The van der Waals surface area contributed by atoms with Gasteiger partial charge in [-0.15, -0.1) is 0 Å². The number of rotatable bonds is 3. The summed E-state index contributed by atoms with van der Waals surface area (Å²) >= 11 is 0. The van der Waals surface area contributed by atoms with Gasteiger partial charge in [0.2, 0.25) is 0 Å². The Morgan fingerprint density at radius 3 is 2.05 bits per heavy atom. The second kappa shape index (κ2) is 7.04. The summed E-state index contributed by atoms with van der Waals surface area (Å²) in [7, 11) is -3.49. The van der Waals surface area contributed by atoms with Crippen molar-refractivity contribution < 1.29 is 18.5 Å². The quantitative estimate of drug-likeness (QED) is 0.669.